The molecule has 5 rings (SSSR count). The van der Waals surface area contributed by atoms with Gasteiger partial charge in [-0.3, -0.25) is 4.68 Å². The molecular formula is C25H26ClF2N5O. The first-order chi connectivity index (χ1) is 16.5. The number of aromatic nitrogens is 4. The van der Waals surface area contributed by atoms with Crippen molar-refractivity contribution in [3.63, 3.8) is 0 Å². The number of nitrogens with zero attached hydrogens (tertiary/aromatic N) is 4. The van der Waals surface area contributed by atoms with Gasteiger partial charge in [0.15, 0.2) is 11.6 Å². The average molecular weight is 486 g/mol. The predicted octanol–water partition coefficient (Wildman–Crippen LogP) is 5.61. The number of nitrogens with one attached hydrogen (secondary N) is 1. The van der Waals surface area contributed by atoms with Crippen molar-refractivity contribution in [3.05, 3.63) is 64.7 Å². The van der Waals surface area contributed by atoms with Crippen LogP contribution < -0.4 is 4.74 Å². The second-order valence-corrected chi connectivity index (χ2v) is 8.97. The van der Waals surface area contributed by atoms with Crippen molar-refractivity contribution in [2.24, 2.45) is 0 Å². The molecule has 1 N–H and O–H groups in total. The van der Waals surface area contributed by atoms with Gasteiger partial charge in [0.2, 0.25) is 0 Å². The Balaban J connectivity index is 1.46. The number of benzene rings is 1. The van der Waals surface area contributed by atoms with Crippen LogP contribution in [0, 0.1) is 11.6 Å². The number of H-pyrrole nitrogens is 1. The van der Waals surface area contributed by atoms with E-state index in [2.05, 4.69) is 26.9 Å². The van der Waals surface area contributed by atoms with E-state index in [1.165, 1.54) is 19.2 Å². The Bertz CT molecular complexity index is 1330. The summed E-state index contributed by atoms with van der Waals surface area (Å²) in [7, 11) is 1.36. The third-order valence-electron chi connectivity index (χ3n) is 6.75. The third kappa shape index (κ3) is 4.05. The number of fused-ring (bicyclic) bond motifs is 1. The largest absolute Gasteiger partial charge is 0.494 e. The molecule has 4 heterocycles. The summed E-state index contributed by atoms with van der Waals surface area (Å²) in [6.07, 6.45) is 7.31. The van der Waals surface area contributed by atoms with Gasteiger partial charge < -0.3 is 14.6 Å². The molecular weight excluding hydrogens is 460 g/mol. The van der Waals surface area contributed by atoms with Gasteiger partial charge in [0.25, 0.3) is 0 Å². The number of aromatic amines is 1. The Morgan fingerprint density at radius 1 is 1.21 bits per heavy atom. The zero-order valence-corrected chi connectivity index (χ0v) is 19.9. The zero-order chi connectivity index (χ0) is 23.8. The minimum absolute atomic E-state index is 0.0130. The molecule has 1 fully saturated rings. The Kier molecular flexibility index (Phi) is 6.27. The number of hydrogen-bond donors (Lipinski definition) is 1. The number of rotatable bonds is 6. The molecule has 0 aliphatic carbocycles. The molecule has 4 aromatic rings. The van der Waals surface area contributed by atoms with Gasteiger partial charge in [-0.1, -0.05) is 18.5 Å². The molecule has 0 radical (unpaired) electrons. The molecule has 1 saturated heterocycles. The van der Waals surface area contributed by atoms with E-state index in [1.54, 1.807) is 18.6 Å². The van der Waals surface area contributed by atoms with Crippen molar-refractivity contribution < 1.29 is 13.5 Å². The van der Waals surface area contributed by atoms with E-state index in [0.717, 1.165) is 54.6 Å². The Labute approximate surface area is 201 Å². The third-order valence-corrected chi connectivity index (χ3v) is 7.13. The topological polar surface area (TPSA) is 59.0 Å². The van der Waals surface area contributed by atoms with E-state index in [0.29, 0.717) is 10.8 Å². The van der Waals surface area contributed by atoms with Gasteiger partial charge >= 0.3 is 0 Å². The first kappa shape index (κ1) is 22.8. The Morgan fingerprint density at radius 3 is 2.74 bits per heavy atom. The lowest BCUT2D eigenvalue weighted by Crippen LogP contribution is -2.34. The van der Waals surface area contributed by atoms with Gasteiger partial charge in [-0.25, -0.2) is 13.8 Å². The summed E-state index contributed by atoms with van der Waals surface area (Å²) in [4.78, 5) is 10.0. The number of halogens is 3. The number of piperidine rings is 1. The number of hydrogen-bond acceptors (Lipinski definition) is 4. The molecule has 1 aromatic carbocycles. The fourth-order valence-corrected chi connectivity index (χ4v) is 5.05. The van der Waals surface area contributed by atoms with Crippen LogP contribution in [-0.4, -0.2) is 51.4 Å². The van der Waals surface area contributed by atoms with Crippen molar-refractivity contribution >= 4 is 22.6 Å². The summed E-state index contributed by atoms with van der Waals surface area (Å²) < 4.78 is 36.1. The summed E-state index contributed by atoms with van der Waals surface area (Å²) in [6.45, 7) is 5.29. The first-order valence-corrected chi connectivity index (χ1v) is 11.8. The quantitative estimate of drug-likeness (QED) is 0.385. The van der Waals surface area contributed by atoms with Gasteiger partial charge in [0, 0.05) is 54.0 Å². The lowest BCUT2D eigenvalue weighted by molar-refractivity contribution is 0.188. The first-order valence-electron chi connectivity index (χ1n) is 11.4. The number of methoxy groups -OCH3 is 1. The van der Waals surface area contributed by atoms with Gasteiger partial charge in [-0.05, 0) is 43.1 Å². The molecule has 0 spiro atoms. The standard InChI is InChI=1S/C25H26ClF2N5O/c1-3-32-8-6-17(7-9-32)33-24(26)20(14-31-33)16-10-18-15(12-29-25(18)30-13-16)11-19-21(27)4-5-22(34-2)23(19)28/h4-5,10,12-14,17H,3,6-9,11H2,1-2H3,(H,29,30). The van der Waals surface area contributed by atoms with E-state index < -0.39 is 11.6 Å². The van der Waals surface area contributed by atoms with E-state index in [-0.39, 0.29) is 23.8 Å². The summed E-state index contributed by atoms with van der Waals surface area (Å²) in [6, 6.07) is 4.71. The Morgan fingerprint density at radius 2 is 2.00 bits per heavy atom. The van der Waals surface area contributed by atoms with E-state index in [4.69, 9.17) is 16.3 Å². The molecule has 1 aliphatic heterocycles. The summed E-state index contributed by atoms with van der Waals surface area (Å²) >= 11 is 6.77. The highest BCUT2D eigenvalue weighted by Gasteiger charge is 2.24. The predicted molar refractivity (Wildman–Crippen MR) is 128 cm³/mol. The summed E-state index contributed by atoms with van der Waals surface area (Å²) in [5, 5.41) is 5.94. The highest BCUT2D eigenvalue weighted by Crippen LogP contribution is 2.35. The minimum Gasteiger partial charge on any atom is -0.494 e. The highest BCUT2D eigenvalue weighted by molar-refractivity contribution is 6.32. The van der Waals surface area contributed by atoms with Crippen molar-refractivity contribution in [1.82, 2.24) is 24.6 Å². The van der Waals surface area contributed by atoms with Crippen LogP contribution in [0.5, 0.6) is 5.75 Å². The number of pyridine rings is 1. The molecule has 0 unspecified atom stereocenters. The van der Waals surface area contributed by atoms with Crippen LogP contribution in [0.25, 0.3) is 22.2 Å². The lowest BCUT2D eigenvalue weighted by atomic mass is 10.0. The van der Waals surface area contributed by atoms with E-state index in [1.807, 2.05) is 10.7 Å². The summed E-state index contributed by atoms with van der Waals surface area (Å²) in [5.41, 5.74) is 2.92. The fourth-order valence-electron chi connectivity index (χ4n) is 4.71. The normalized spacial score (nSPS) is 15.3. The smallest absolute Gasteiger partial charge is 0.171 e. The van der Waals surface area contributed by atoms with Crippen LogP contribution in [0.3, 0.4) is 0 Å². The number of likely N-dealkylation sites (tertiary alicyclic amines) is 1. The maximum Gasteiger partial charge on any atom is 0.171 e. The maximum absolute atomic E-state index is 14.7. The molecule has 34 heavy (non-hydrogen) atoms. The van der Waals surface area contributed by atoms with Crippen molar-refractivity contribution in [2.45, 2.75) is 32.2 Å². The lowest BCUT2D eigenvalue weighted by Gasteiger charge is -2.31. The molecule has 0 bridgehead atoms. The van der Waals surface area contributed by atoms with Gasteiger partial charge in [0.1, 0.15) is 16.6 Å². The molecule has 0 amide bonds. The average Bonchev–Trinajstić information content (AvgIpc) is 3.44. The van der Waals surface area contributed by atoms with Crippen LogP contribution >= 0.6 is 11.6 Å². The van der Waals surface area contributed by atoms with Crippen molar-refractivity contribution in [1.29, 1.82) is 0 Å². The van der Waals surface area contributed by atoms with Gasteiger partial charge in [-0.15, -0.1) is 0 Å². The van der Waals surface area contributed by atoms with Crippen molar-refractivity contribution in [2.75, 3.05) is 26.7 Å². The van der Waals surface area contributed by atoms with Crippen LogP contribution in [0.1, 0.15) is 36.9 Å². The van der Waals surface area contributed by atoms with Crippen LogP contribution in [-0.2, 0) is 6.42 Å². The molecule has 3 aromatic heterocycles. The molecule has 6 nitrogen and oxygen atoms in total. The minimum atomic E-state index is -0.695. The molecule has 0 saturated carbocycles. The molecule has 178 valence electrons. The van der Waals surface area contributed by atoms with Crippen LogP contribution in [0.15, 0.2) is 36.8 Å². The molecule has 0 atom stereocenters. The second-order valence-electron chi connectivity index (χ2n) is 8.61. The van der Waals surface area contributed by atoms with Crippen LogP contribution in [0.4, 0.5) is 8.78 Å². The van der Waals surface area contributed by atoms with Crippen molar-refractivity contribution in [3.8, 4) is 16.9 Å². The Hall–Kier alpha value is -2.97. The molecule has 9 heteroatoms. The van der Waals surface area contributed by atoms with E-state index >= 15 is 0 Å². The second kappa shape index (κ2) is 9.35. The monoisotopic (exact) mass is 485 g/mol. The van der Waals surface area contributed by atoms with Crippen LogP contribution in [0.2, 0.25) is 5.15 Å². The van der Waals surface area contributed by atoms with Gasteiger partial charge in [-0.2, -0.15) is 5.10 Å². The SMILES string of the molecule is CCN1CCC(n2ncc(-c3cnc4[nH]cc(Cc5c(F)ccc(OC)c5F)c4c3)c2Cl)CC1. The maximum atomic E-state index is 14.7. The number of ether oxygens (including phenoxy) is 1. The van der Waals surface area contributed by atoms with Gasteiger partial charge in [0.05, 0.1) is 19.3 Å². The fraction of sp³-hybridized carbons (Fsp3) is 0.360. The summed E-state index contributed by atoms with van der Waals surface area (Å²) in [5.74, 6) is -1.30. The van der Waals surface area contributed by atoms with E-state index in [9.17, 15) is 8.78 Å². The zero-order valence-electron chi connectivity index (χ0n) is 19.1. The highest BCUT2D eigenvalue weighted by atomic mass is 35.5. The molecule has 1 aliphatic rings.